The molecule has 6 aromatic rings. The molecule has 7 nitrogen and oxygen atoms in total. The van der Waals surface area contributed by atoms with Crippen LogP contribution < -0.4 is 5.32 Å². The quantitative estimate of drug-likeness (QED) is 0.235. The molecule has 37 heavy (non-hydrogen) atoms. The molecule has 1 aliphatic rings. The Hall–Kier alpha value is -4.30. The van der Waals surface area contributed by atoms with Gasteiger partial charge in [0.1, 0.15) is 0 Å². The molecular formula is C29H24N6OS. The smallest absolute Gasteiger partial charge is 0.227 e. The van der Waals surface area contributed by atoms with E-state index in [1.54, 1.807) is 29.9 Å². The van der Waals surface area contributed by atoms with Crippen molar-refractivity contribution < 1.29 is 4.79 Å². The molecule has 1 saturated carbocycles. The Balaban J connectivity index is 1.25. The normalized spacial score (nSPS) is 14.1. The highest BCUT2D eigenvalue weighted by Gasteiger charge is 2.23. The maximum Gasteiger partial charge on any atom is 0.227 e. The van der Waals surface area contributed by atoms with E-state index in [-0.39, 0.29) is 11.8 Å². The molecule has 0 spiro atoms. The average molecular weight is 505 g/mol. The fourth-order valence-electron chi connectivity index (χ4n) is 5.30. The maximum atomic E-state index is 12.6. The minimum Gasteiger partial charge on any atom is -0.353 e. The summed E-state index contributed by atoms with van der Waals surface area (Å²) in [6.07, 6.45) is 9.47. The molecule has 0 bridgehead atoms. The van der Waals surface area contributed by atoms with Crippen molar-refractivity contribution in [3.63, 3.8) is 0 Å². The lowest BCUT2D eigenvalue weighted by Gasteiger charge is -2.11. The molecule has 0 unspecified atom stereocenters. The molecule has 0 atom stereocenters. The van der Waals surface area contributed by atoms with Crippen LogP contribution in [-0.4, -0.2) is 31.1 Å². The first-order valence-corrected chi connectivity index (χ1v) is 13.4. The highest BCUT2D eigenvalue weighted by atomic mass is 32.1. The molecule has 7 rings (SSSR count). The van der Waals surface area contributed by atoms with Gasteiger partial charge in [-0.2, -0.15) is 5.10 Å². The van der Waals surface area contributed by atoms with E-state index in [4.69, 9.17) is 0 Å². The summed E-state index contributed by atoms with van der Waals surface area (Å²) in [5.41, 5.74) is 7.28. The fourth-order valence-corrected chi connectivity index (χ4v) is 6.06. The Labute approximate surface area is 217 Å². The van der Waals surface area contributed by atoms with Gasteiger partial charge in [-0.3, -0.25) is 14.9 Å². The molecule has 3 N–H and O–H groups in total. The second-order valence-corrected chi connectivity index (χ2v) is 10.5. The van der Waals surface area contributed by atoms with Crippen LogP contribution in [0.25, 0.3) is 54.9 Å². The summed E-state index contributed by atoms with van der Waals surface area (Å²) in [5, 5.41) is 14.9. The van der Waals surface area contributed by atoms with E-state index in [0.717, 1.165) is 59.1 Å². The summed E-state index contributed by atoms with van der Waals surface area (Å²) in [4.78, 5) is 26.4. The van der Waals surface area contributed by atoms with Gasteiger partial charge < -0.3 is 10.3 Å². The van der Waals surface area contributed by atoms with Crippen molar-refractivity contribution in [2.45, 2.75) is 25.7 Å². The van der Waals surface area contributed by atoms with Crippen LogP contribution >= 0.6 is 11.3 Å². The Kier molecular flexibility index (Phi) is 5.32. The molecule has 0 saturated heterocycles. The van der Waals surface area contributed by atoms with Crippen LogP contribution in [0.1, 0.15) is 25.7 Å². The summed E-state index contributed by atoms with van der Waals surface area (Å²) in [6, 6.07) is 16.7. The van der Waals surface area contributed by atoms with Gasteiger partial charge in [-0.05, 0) is 48.6 Å². The van der Waals surface area contributed by atoms with Gasteiger partial charge in [0.15, 0.2) is 5.65 Å². The van der Waals surface area contributed by atoms with Crippen LogP contribution in [0.5, 0.6) is 0 Å². The van der Waals surface area contributed by atoms with Crippen LogP contribution in [0.4, 0.5) is 5.69 Å². The predicted molar refractivity (Wildman–Crippen MR) is 148 cm³/mol. The van der Waals surface area contributed by atoms with Crippen molar-refractivity contribution in [2.24, 2.45) is 5.92 Å². The molecule has 5 aromatic heterocycles. The van der Waals surface area contributed by atoms with Gasteiger partial charge in [0.05, 0.1) is 23.3 Å². The number of nitrogens with one attached hydrogen (secondary N) is 3. The second kappa shape index (κ2) is 8.97. The zero-order valence-electron chi connectivity index (χ0n) is 20.0. The number of carbonyl (C=O) groups excluding carboxylic acids is 1. The van der Waals surface area contributed by atoms with E-state index in [1.165, 1.54) is 15.8 Å². The fraction of sp³-hybridized carbons (Fsp3) is 0.172. The summed E-state index contributed by atoms with van der Waals surface area (Å²) >= 11 is 1.74. The van der Waals surface area contributed by atoms with Gasteiger partial charge in [-0.1, -0.05) is 31.0 Å². The standard InChI is InChI=1S/C29H24N6OS/c36-29(17-5-1-2-6-17)32-20-11-18(14-30-16-20)19-12-23-27(34-35-28(23)31-15-19)25-13-22-21(26-9-4-10-37-26)7-3-8-24(22)33-25/h3-4,7-17,33H,1-2,5-6H2,(H,32,36)(H,31,34,35). The maximum absolute atomic E-state index is 12.6. The number of hydrogen-bond acceptors (Lipinski definition) is 5. The average Bonchev–Trinajstić information content (AvgIpc) is 3.74. The zero-order valence-corrected chi connectivity index (χ0v) is 20.8. The van der Waals surface area contributed by atoms with Crippen LogP contribution in [0.2, 0.25) is 0 Å². The van der Waals surface area contributed by atoms with Crippen molar-refractivity contribution in [2.75, 3.05) is 5.32 Å². The monoisotopic (exact) mass is 504 g/mol. The van der Waals surface area contributed by atoms with Gasteiger partial charge in [0.2, 0.25) is 5.91 Å². The van der Waals surface area contributed by atoms with Crippen molar-refractivity contribution in [3.8, 4) is 33.0 Å². The lowest BCUT2D eigenvalue weighted by molar-refractivity contribution is -0.119. The summed E-state index contributed by atoms with van der Waals surface area (Å²) in [5.74, 6) is 0.190. The van der Waals surface area contributed by atoms with Gasteiger partial charge in [-0.25, -0.2) is 4.98 Å². The van der Waals surface area contributed by atoms with Gasteiger partial charge in [0.25, 0.3) is 0 Å². The first-order chi connectivity index (χ1) is 18.2. The van der Waals surface area contributed by atoms with Crippen LogP contribution in [0, 0.1) is 5.92 Å². The molecule has 1 aromatic carbocycles. The number of nitrogens with zero attached hydrogens (tertiary/aromatic N) is 3. The minimum absolute atomic E-state index is 0.0860. The number of amides is 1. The van der Waals surface area contributed by atoms with Crippen molar-refractivity contribution in [3.05, 3.63) is 72.5 Å². The third-order valence-corrected chi connectivity index (χ3v) is 8.10. The predicted octanol–water partition coefficient (Wildman–Crippen LogP) is 7.03. The number of rotatable bonds is 5. The molecule has 1 amide bonds. The molecular weight excluding hydrogens is 480 g/mol. The van der Waals surface area contributed by atoms with Crippen LogP contribution in [0.15, 0.2) is 72.5 Å². The largest absolute Gasteiger partial charge is 0.353 e. The molecule has 1 aliphatic carbocycles. The number of aromatic amines is 2. The number of benzene rings is 1. The number of H-pyrrole nitrogens is 2. The molecule has 0 aliphatic heterocycles. The lowest BCUT2D eigenvalue weighted by Crippen LogP contribution is -2.20. The van der Waals surface area contributed by atoms with E-state index in [0.29, 0.717) is 11.3 Å². The number of thiophene rings is 1. The second-order valence-electron chi connectivity index (χ2n) is 9.55. The number of anilines is 1. The summed E-state index contributed by atoms with van der Waals surface area (Å²) in [6.45, 7) is 0. The lowest BCUT2D eigenvalue weighted by atomic mass is 10.1. The van der Waals surface area contributed by atoms with Gasteiger partial charge in [0, 0.05) is 56.2 Å². The van der Waals surface area contributed by atoms with Crippen molar-refractivity contribution in [1.82, 2.24) is 25.1 Å². The highest BCUT2D eigenvalue weighted by Crippen LogP contribution is 2.36. The molecule has 8 heteroatoms. The third kappa shape index (κ3) is 3.99. The molecule has 0 radical (unpaired) electrons. The van der Waals surface area contributed by atoms with E-state index >= 15 is 0 Å². The number of fused-ring (bicyclic) bond motifs is 2. The zero-order chi connectivity index (χ0) is 24.8. The Morgan fingerprint density at radius 1 is 0.973 bits per heavy atom. The van der Waals surface area contributed by atoms with E-state index in [2.05, 4.69) is 78.3 Å². The number of pyridine rings is 2. The Morgan fingerprint density at radius 2 is 1.86 bits per heavy atom. The Morgan fingerprint density at radius 3 is 2.73 bits per heavy atom. The van der Waals surface area contributed by atoms with E-state index in [1.807, 2.05) is 6.07 Å². The van der Waals surface area contributed by atoms with Crippen LogP contribution in [-0.2, 0) is 4.79 Å². The van der Waals surface area contributed by atoms with Crippen molar-refractivity contribution in [1.29, 1.82) is 0 Å². The number of hydrogen-bond donors (Lipinski definition) is 3. The van der Waals surface area contributed by atoms with E-state index < -0.39 is 0 Å². The summed E-state index contributed by atoms with van der Waals surface area (Å²) in [7, 11) is 0. The number of carbonyl (C=O) groups is 1. The van der Waals surface area contributed by atoms with Crippen molar-refractivity contribution >= 4 is 44.9 Å². The highest BCUT2D eigenvalue weighted by molar-refractivity contribution is 7.13. The molecule has 1 fully saturated rings. The third-order valence-electron chi connectivity index (χ3n) is 7.19. The number of aromatic nitrogens is 5. The summed E-state index contributed by atoms with van der Waals surface area (Å²) < 4.78 is 0. The first kappa shape index (κ1) is 21.9. The SMILES string of the molecule is O=C(Nc1cncc(-c2cnc3n[nH]c(-c4cc5c(-c6cccs6)cccc5[nH]4)c3c2)c1)C1CCCC1. The Bertz CT molecular complexity index is 1740. The minimum atomic E-state index is 0.0860. The van der Waals surface area contributed by atoms with Gasteiger partial charge in [-0.15, -0.1) is 11.3 Å². The molecule has 5 heterocycles. The van der Waals surface area contributed by atoms with Crippen LogP contribution in [0.3, 0.4) is 0 Å². The molecule has 182 valence electrons. The van der Waals surface area contributed by atoms with E-state index in [9.17, 15) is 4.79 Å². The first-order valence-electron chi connectivity index (χ1n) is 12.5. The topological polar surface area (TPSA) is 99.3 Å². The van der Waals surface area contributed by atoms with Gasteiger partial charge >= 0.3 is 0 Å².